The summed E-state index contributed by atoms with van der Waals surface area (Å²) < 4.78 is 13.0. The molecule has 0 amide bonds. The van der Waals surface area contributed by atoms with Crippen molar-refractivity contribution in [2.75, 3.05) is 27.3 Å². The van der Waals surface area contributed by atoms with Crippen LogP contribution in [-0.4, -0.2) is 42.7 Å². The van der Waals surface area contributed by atoms with E-state index in [-0.39, 0.29) is 17.9 Å². The van der Waals surface area contributed by atoms with Crippen LogP contribution in [0.15, 0.2) is 29.8 Å². The average Bonchev–Trinajstić information content (AvgIpc) is 3.01. The number of allylic oxidation sites excluding steroid dienone is 1. The fraction of sp³-hybridized carbons (Fsp3) is 0.476. The first-order valence-corrected chi connectivity index (χ1v) is 9.35. The van der Waals surface area contributed by atoms with Gasteiger partial charge in [-0.25, -0.2) is 4.79 Å². The van der Waals surface area contributed by atoms with Crippen LogP contribution in [0.25, 0.3) is 10.9 Å². The van der Waals surface area contributed by atoms with Gasteiger partial charge in [-0.15, -0.1) is 0 Å². The minimum Gasteiger partial charge on any atom is -0.497 e. The number of rotatable bonds is 2. The lowest BCUT2D eigenvalue weighted by Crippen LogP contribution is -2.50. The molecule has 0 radical (unpaired) electrons. The molecule has 0 aliphatic carbocycles. The molecule has 4 heterocycles. The number of fused-ring (bicyclic) bond motifs is 4. The number of carbonyl (C=O) groups excluding carboxylic acids is 1. The Morgan fingerprint density at radius 3 is 2.88 bits per heavy atom. The van der Waals surface area contributed by atoms with Crippen molar-refractivity contribution in [3.8, 4) is 5.75 Å². The lowest BCUT2D eigenvalue weighted by atomic mass is 9.75. The largest absolute Gasteiger partial charge is 0.497 e. The number of esters is 1. The van der Waals surface area contributed by atoms with E-state index in [9.17, 15) is 4.79 Å². The number of nitrogens with zero attached hydrogens (tertiary/aromatic N) is 2. The van der Waals surface area contributed by atoms with Crippen molar-refractivity contribution in [2.45, 2.75) is 31.8 Å². The second-order valence-electron chi connectivity index (χ2n) is 7.53. The first kappa shape index (κ1) is 15.9. The van der Waals surface area contributed by atoms with Crippen LogP contribution < -0.4 is 4.74 Å². The standard InChI is InChI=1S/C21H24N2O3/c1-4-12-11-22-8-7-14-16-9-13(25-2)5-6-17(16)23-19(14)18(22)10-15(12)20(23)21(24)26-3/h4-6,9,15,18,20H,7-8,10-11H2,1-3H3/b12-4+. The molecule has 2 bridgehead atoms. The Bertz CT molecular complexity index is 942. The van der Waals surface area contributed by atoms with Gasteiger partial charge in [-0.05, 0) is 43.5 Å². The Morgan fingerprint density at radius 1 is 1.31 bits per heavy atom. The molecule has 1 aromatic heterocycles. The van der Waals surface area contributed by atoms with Gasteiger partial charge in [-0.2, -0.15) is 0 Å². The molecule has 26 heavy (non-hydrogen) atoms. The molecule has 1 aromatic carbocycles. The highest BCUT2D eigenvalue weighted by atomic mass is 16.5. The average molecular weight is 352 g/mol. The number of aromatic nitrogens is 1. The van der Waals surface area contributed by atoms with Gasteiger partial charge in [0.05, 0.1) is 20.3 Å². The maximum absolute atomic E-state index is 12.9. The molecule has 3 aliphatic rings. The molecule has 5 heteroatoms. The van der Waals surface area contributed by atoms with Gasteiger partial charge in [0.2, 0.25) is 0 Å². The smallest absolute Gasteiger partial charge is 0.329 e. The van der Waals surface area contributed by atoms with Crippen molar-refractivity contribution in [2.24, 2.45) is 5.92 Å². The Balaban J connectivity index is 1.84. The normalized spacial score (nSPS) is 28.4. The topological polar surface area (TPSA) is 43.7 Å². The first-order valence-electron chi connectivity index (χ1n) is 9.35. The SMILES string of the molecule is C/C=C1\CN2CCc3c4n(c5ccc(OC)cc35)C(C(=O)OC)C1CC42. The molecule has 3 unspecified atom stereocenters. The molecule has 3 atom stereocenters. The van der Waals surface area contributed by atoms with Gasteiger partial charge in [0, 0.05) is 35.6 Å². The van der Waals surface area contributed by atoms with Crippen molar-refractivity contribution in [3.63, 3.8) is 0 Å². The minimum atomic E-state index is -0.276. The number of methoxy groups -OCH3 is 2. The summed E-state index contributed by atoms with van der Waals surface area (Å²) in [6, 6.07) is 6.34. The number of piperidine rings is 1. The summed E-state index contributed by atoms with van der Waals surface area (Å²) in [5, 5.41) is 1.22. The maximum atomic E-state index is 12.9. The summed E-state index contributed by atoms with van der Waals surface area (Å²) in [5.74, 6) is 0.943. The summed E-state index contributed by atoms with van der Waals surface area (Å²) in [5.41, 5.74) is 5.19. The molecule has 136 valence electrons. The Labute approximate surface area is 153 Å². The van der Waals surface area contributed by atoms with Crippen molar-refractivity contribution in [1.82, 2.24) is 9.47 Å². The van der Waals surface area contributed by atoms with Crippen LogP contribution in [0.1, 0.15) is 36.7 Å². The molecule has 1 fully saturated rings. The second-order valence-corrected chi connectivity index (χ2v) is 7.53. The fourth-order valence-corrected chi connectivity index (χ4v) is 5.42. The highest BCUT2D eigenvalue weighted by molar-refractivity contribution is 5.90. The second kappa shape index (κ2) is 5.61. The van der Waals surface area contributed by atoms with Gasteiger partial charge in [-0.3, -0.25) is 4.90 Å². The van der Waals surface area contributed by atoms with Gasteiger partial charge in [0.15, 0.2) is 0 Å². The van der Waals surface area contributed by atoms with E-state index >= 15 is 0 Å². The maximum Gasteiger partial charge on any atom is 0.329 e. The molecule has 5 rings (SSSR count). The number of carbonyl (C=O) groups is 1. The van der Waals surface area contributed by atoms with Gasteiger partial charge < -0.3 is 14.0 Å². The molecule has 0 saturated carbocycles. The predicted octanol–water partition coefficient (Wildman–Crippen LogP) is 3.24. The van der Waals surface area contributed by atoms with Crippen LogP contribution in [-0.2, 0) is 16.0 Å². The Kier molecular flexibility index (Phi) is 3.44. The molecule has 5 nitrogen and oxygen atoms in total. The zero-order valence-electron chi connectivity index (χ0n) is 15.5. The highest BCUT2D eigenvalue weighted by Gasteiger charge is 2.49. The summed E-state index contributed by atoms with van der Waals surface area (Å²) in [6.07, 6.45) is 4.21. The van der Waals surface area contributed by atoms with Crippen LogP contribution >= 0.6 is 0 Å². The van der Waals surface area contributed by atoms with Crippen LogP contribution in [0, 0.1) is 5.92 Å². The zero-order chi connectivity index (χ0) is 18.0. The number of hydrogen-bond acceptors (Lipinski definition) is 4. The van der Waals surface area contributed by atoms with Crippen LogP contribution in [0.5, 0.6) is 5.75 Å². The minimum absolute atomic E-state index is 0.137. The van der Waals surface area contributed by atoms with E-state index in [4.69, 9.17) is 9.47 Å². The third-order valence-electron chi connectivity index (χ3n) is 6.57. The molecule has 0 N–H and O–H groups in total. The van der Waals surface area contributed by atoms with Crippen LogP contribution in [0.2, 0.25) is 0 Å². The number of benzene rings is 1. The summed E-state index contributed by atoms with van der Waals surface area (Å²) in [6.45, 7) is 4.12. The van der Waals surface area contributed by atoms with E-state index in [0.717, 1.165) is 37.2 Å². The number of hydrogen-bond donors (Lipinski definition) is 0. The lowest BCUT2D eigenvalue weighted by Gasteiger charge is -2.50. The van der Waals surface area contributed by atoms with Crippen molar-refractivity contribution >= 4 is 16.9 Å². The third-order valence-corrected chi connectivity index (χ3v) is 6.57. The van der Waals surface area contributed by atoms with E-state index in [1.54, 1.807) is 7.11 Å². The summed E-state index contributed by atoms with van der Waals surface area (Å²) >= 11 is 0. The van der Waals surface area contributed by atoms with Crippen LogP contribution in [0.4, 0.5) is 0 Å². The third kappa shape index (κ3) is 1.92. The molecular weight excluding hydrogens is 328 g/mol. The van der Waals surface area contributed by atoms with Crippen molar-refractivity contribution < 1.29 is 14.3 Å². The molecule has 3 aliphatic heterocycles. The number of ether oxygens (including phenoxy) is 2. The van der Waals surface area contributed by atoms with E-state index in [1.165, 1.54) is 29.3 Å². The summed E-state index contributed by atoms with van der Waals surface area (Å²) in [7, 11) is 3.20. The van der Waals surface area contributed by atoms with Gasteiger partial charge in [-0.1, -0.05) is 11.6 Å². The van der Waals surface area contributed by atoms with Crippen molar-refractivity contribution in [1.29, 1.82) is 0 Å². The molecule has 2 aromatic rings. The lowest BCUT2D eigenvalue weighted by molar-refractivity contribution is -0.147. The predicted molar refractivity (Wildman–Crippen MR) is 99.4 cm³/mol. The zero-order valence-corrected chi connectivity index (χ0v) is 15.5. The van der Waals surface area contributed by atoms with Gasteiger partial charge in [0.25, 0.3) is 0 Å². The molecular formula is C21H24N2O3. The van der Waals surface area contributed by atoms with E-state index in [1.807, 2.05) is 6.07 Å². The Hall–Kier alpha value is -2.27. The first-order chi connectivity index (χ1) is 12.7. The van der Waals surface area contributed by atoms with E-state index < -0.39 is 0 Å². The molecule has 1 saturated heterocycles. The monoisotopic (exact) mass is 352 g/mol. The Morgan fingerprint density at radius 2 is 2.15 bits per heavy atom. The van der Waals surface area contributed by atoms with E-state index in [0.29, 0.717) is 6.04 Å². The van der Waals surface area contributed by atoms with Crippen LogP contribution in [0.3, 0.4) is 0 Å². The fourth-order valence-electron chi connectivity index (χ4n) is 5.42. The quantitative estimate of drug-likeness (QED) is 0.615. The summed E-state index contributed by atoms with van der Waals surface area (Å²) in [4.78, 5) is 15.4. The molecule has 0 spiro atoms. The van der Waals surface area contributed by atoms with Crippen molar-refractivity contribution in [3.05, 3.63) is 41.1 Å². The van der Waals surface area contributed by atoms with Gasteiger partial charge in [0.1, 0.15) is 11.8 Å². The van der Waals surface area contributed by atoms with Gasteiger partial charge >= 0.3 is 5.97 Å². The highest BCUT2D eigenvalue weighted by Crippen LogP contribution is 2.53. The van der Waals surface area contributed by atoms with E-state index in [2.05, 4.69) is 34.6 Å².